The maximum absolute atomic E-state index is 6.68. The lowest BCUT2D eigenvalue weighted by atomic mass is 9.72. The van der Waals surface area contributed by atoms with Crippen molar-refractivity contribution in [3.63, 3.8) is 0 Å². The van der Waals surface area contributed by atoms with E-state index in [4.69, 9.17) is 15.2 Å². The second-order valence-electron chi connectivity index (χ2n) is 6.69. The summed E-state index contributed by atoms with van der Waals surface area (Å²) < 4.78 is 11.6. The van der Waals surface area contributed by atoms with Gasteiger partial charge in [0.2, 0.25) is 0 Å². The van der Waals surface area contributed by atoms with Crippen LogP contribution in [-0.2, 0) is 15.9 Å². The molecule has 2 saturated heterocycles. The van der Waals surface area contributed by atoms with E-state index in [0.29, 0.717) is 5.92 Å². The van der Waals surface area contributed by atoms with Gasteiger partial charge in [-0.25, -0.2) is 0 Å². The standard InChI is InChI=1S/C17H25NO2/c1-16(18,11-14-5-3-2-4-6-14)15-7-9-20-17(12-15)8-10-19-13-17/h2-6,15H,7-13,18H2,1H3. The molecule has 3 nitrogen and oxygen atoms in total. The minimum atomic E-state index is -0.180. The third kappa shape index (κ3) is 2.90. The van der Waals surface area contributed by atoms with Crippen molar-refractivity contribution in [1.29, 1.82) is 0 Å². The average molecular weight is 275 g/mol. The highest BCUT2D eigenvalue weighted by Gasteiger charge is 2.45. The first-order valence-electron chi connectivity index (χ1n) is 7.64. The Kier molecular flexibility index (Phi) is 3.85. The Labute approximate surface area is 121 Å². The molecule has 3 atom stereocenters. The van der Waals surface area contributed by atoms with E-state index in [0.717, 1.165) is 45.5 Å². The normalized spacial score (nSPS) is 33.2. The molecule has 110 valence electrons. The van der Waals surface area contributed by atoms with Crippen LogP contribution >= 0.6 is 0 Å². The van der Waals surface area contributed by atoms with Crippen LogP contribution in [0, 0.1) is 5.92 Å². The zero-order chi connectivity index (χ0) is 14.1. The van der Waals surface area contributed by atoms with Gasteiger partial charge >= 0.3 is 0 Å². The van der Waals surface area contributed by atoms with Gasteiger partial charge in [-0.05, 0) is 37.7 Å². The molecule has 1 aromatic carbocycles. The predicted molar refractivity (Wildman–Crippen MR) is 79.6 cm³/mol. The van der Waals surface area contributed by atoms with Gasteiger partial charge in [0.1, 0.15) is 0 Å². The molecule has 0 aromatic heterocycles. The van der Waals surface area contributed by atoms with Crippen molar-refractivity contribution in [2.45, 2.75) is 43.7 Å². The summed E-state index contributed by atoms with van der Waals surface area (Å²) in [5, 5.41) is 0. The van der Waals surface area contributed by atoms with Crippen molar-refractivity contribution in [3.8, 4) is 0 Å². The Bertz CT molecular complexity index is 438. The summed E-state index contributed by atoms with van der Waals surface area (Å²) in [4.78, 5) is 0. The monoisotopic (exact) mass is 275 g/mol. The van der Waals surface area contributed by atoms with E-state index in [1.807, 2.05) is 0 Å². The molecule has 2 aliphatic rings. The molecule has 2 N–H and O–H groups in total. The van der Waals surface area contributed by atoms with Gasteiger partial charge in [-0.1, -0.05) is 30.3 Å². The number of hydrogen-bond donors (Lipinski definition) is 1. The zero-order valence-electron chi connectivity index (χ0n) is 12.3. The summed E-state index contributed by atoms with van der Waals surface area (Å²) in [6, 6.07) is 10.6. The van der Waals surface area contributed by atoms with Crippen LogP contribution in [0.25, 0.3) is 0 Å². The van der Waals surface area contributed by atoms with Crippen LogP contribution in [0.2, 0.25) is 0 Å². The molecule has 0 aliphatic carbocycles. The summed E-state index contributed by atoms with van der Waals surface area (Å²) in [5.41, 5.74) is 7.76. The lowest BCUT2D eigenvalue weighted by Gasteiger charge is -2.44. The lowest BCUT2D eigenvalue weighted by Crippen LogP contribution is -2.53. The Morgan fingerprint density at radius 1 is 1.30 bits per heavy atom. The molecule has 3 heteroatoms. The van der Waals surface area contributed by atoms with Crippen LogP contribution < -0.4 is 5.73 Å². The molecule has 0 amide bonds. The van der Waals surface area contributed by atoms with Gasteiger partial charge in [0.05, 0.1) is 12.2 Å². The smallest absolute Gasteiger partial charge is 0.0940 e. The predicted octanol–water partition coefficient (Wildman–Crippen LogP) is 2.53. The third-order valence-electron chi connectivity index (χ3n) is 4.92. The van der Waals surface area contributed by atoms with E-state index >= 15 is 0 Å². The molecular weight excluding hydrogens is 250 g/mol. The highest BCUT2D eigenvalue weighted by Crippen LogP contribution is 2.40. The van der Waals surface area contributed by atoms with Crippen LogP contribution in [0.15, 0.2) is 30.3 Å². The molecule has 1 aromatic rings. The molecule has 2 heterocycles. The van der Waals surface area contributed by atoms with Crippen molar-refractivity contribution in [2.24, 2.45) is 11.7 Å². The fourth-order valence-electron chi connectivity index (χ4n) is 3.63. The third-order valence-corrected chi connectivity index (χ3v) is 4.92. The van der Waals surface area contributed by atoms with Crippen LogP contribution in [0.4, 0.5) is 0 Å². The van der Waals surface area contributed by atoms with Crippen LogP contribution in [0.3, 0.4) is 0 Å². The highest BCUT2D eigenvalue weighted by atomic mass is 16.6. The SMILES string of the molecule is CC(N)(Cc1ccccc1)C1CCOC2(CCOC2)C1. The molecule has 0 saturated carbocycles. The van der Waals surface area contributed by atoms with E-state index in [2.05, 4.69) is 37.3 Å². The number of benzene rings is 1. The lowest BCUT2D eigenvalue weighted by molar-refractivity contribution is -0.108. The van der Waals surface area contributed by atoms with Crippen LogP contribution in [0.1, 0.15) is 31.7 Å². The van der Waals surface area contributed by atoms with E-state index in [-0.39, 0.29) is 11.1 Å². The van der Waals surface area contributed by atoms with Gasteiger partial charge in [0.15, 0.2) is 0 Å². The zero-order valence-corrected chi connectivity index (χ0v) is 12.3. The average Bonchev–Trinajstić information content (AvgIpc) is 2.87. The van der Waals surface area contributed by atoms with Crippen LogP contribution in [-0.4, -0.2) is 31.0 Å². The highest BCUT2D eigenvalue weighted by molar-refractivity contribution is 5.18. The Hall–Kier alpha value is -0.900. The van der Waals surface area contributed by atoms with Crippen molar-refractivity contribution >= 4 is 0 Å². The summed E-state index contributed by atoms with van der Waals surface area (Å²) in [5.74, 6) is 0.498. The van der Waals surface area contributed by atoms with Crippen LogP contribution in [0.5, 0.6) is 0 Å². The first kappa shape index (κ1) is 14.1. The van der Waals surface area contributed by atoms with Crippen molar-refractivity contribution in [3.05, 3.63) is 35.9 Å². The molecule has 3 unspecified atom stereocenters. The number of rotatable bonds is 3. The summed E-state index contributed by atoms with van der Waals surface area (Å²) in [7, 11) is 0. The minimum Gasteiger partial charge on any atom is -0.378 e. The first-order valence-corrected chi connectivity index (χ1v) is 7.64. The molecule has 20 heavy (non-hydrogen) atoms. The fourth-order valence-corrected chi connectivity index (χ4v) is 3.63. The number of nitrogens with two attached hydrogens (primary N) is 1. The molecule has 2 fully saturated rings. The Morgan fingerprint density at radius 3 is 2.80 bits per heavy atom. The summed E-state index contributed by atoms with van der Waals surface area (Å²) in [6.07, 6.45) is 4.04. The second-order valence-corrected chi connectivity index (χ2v) is 6.69. The van der Waals surface area contributed by atoms with Crippen molar-refractivity contribution < 1.29 is 9.47 Å². The molecule has 1 spiro atoms. The quantitative estimate of drug-likeness (QED) is 0.922. The molecule has 2 aliphatic heterocycles. The van der Waals surface area contributed by atoms with Gasteiger partial charge in [-0.2, -0.15) is 0 Å². The van der Waals surface area contributed by atoms with E-state index < -0.39 is 0 Å². The molecule has 0 bridgehead atoms. The maximum atomic E-state index is 6.68. The number of hydrogen-bond acceptors (Lipinski definition) is 3. The topological polar surface area (TPSA) is 44.5 Å². The van der Waals surface area contributed by atoms with Gasteiger partial charge in [0, 0.05) is 25.2 Å². The van der Waals surface area contributed by atoms with Gasteiger partial charge in [0.25, 0.3) is 0 Å². The van der Waals surface area contributed by atoms with Gasteiger partial charge in [-0.15, -0.1) is 0 Å². The van der Waals surface area contributed by atoms with E-state index in [1.165, 1.54) is 5.56 Å². The maximum Gasteiger partial charge on any atom is 0.0940 e. The Morgan fingerprint density at radius 2 is 2.10 bits per heavy atom. The largest absolute Gasteiger partial charge is 0.378 e. The van der Waals surface area contributed by atoms with Gasteiger partial charge in [-0.3, -0.25) is 0 Å². The fraction of sp³-hybridized carbons (Fsp3) is 0.647. The first-order chi connectivity index (χ1) is 9.60. The van der Waals surface area contributed by atoms with Gasteiger partial charge < -0.3 is 15.2 Å². The van der Waals surface area contributed by atoms with E-state index in [1.54, 1.807) is 0 Å². The minimum absolute atomic E-state index is 0.0553. The van der Waals surface area contributed by atoms with E-state index in [9.17, 15) is 0 Å². The Balaban J connectivity index is 1.70. The molecular formula is C17H25NO2. The molecule has 3 rings (SSSR count). The molecule has 0 radical (unpaired) electrons. The van der Waals surface area contributed by atoms with Crippen molar-refractivity contribution in [1.82, 2.24) is 0 Å². The second kappa shape index (κ2) is 5.47. The number of ether oxygens (including phenoxy) is 2. The summed E-state index contributed by atoms with van der Waals surface area (Å²) >= 11 is 0. The van der Waals surface area contributed by atoms with Crippen molar-refractivity contribution in [2.75, 3.05) is 19.8 Å². The summed E-state index contributed by atoms with van der Waals surface area (Å²) in [6.45, 7) is 4.58.